The van der Waals surface area contributed by atoms with Crippen LogP contribution in [-0.2, 0) is 14.8 Å². The van der Waals surface area contributed by atoms with E-state index in [1.165, 1.54) is 0 Å². The number of nitrogens with zero attached hydrogens (tertiary/aromatic N) is 1. The van der Waals surface area contributed by atoms with E-state index in [1.807, 2.05) is 30.3 Å². The van der Waals surface area contributed by atoms with Gasteiger partial charge in [0.25, 0.3) is 5.91 Å². The van der Waals surface area contributed by atoms with Crippen LogP contribution in [0.15, 0.2) is 30.3 Å². The lowest BCUT2D eigenvalue weighted by atomic mass is 9.80. The topological polar surface area (TPSA) is 75.7 Å². The lowest BCUT2D eigenvalue weighted by Crippen LogP contribution is -2.52. The zero-order valence-electron chi connectivity index (χ0n) is 15.3. The van der Waals surface area contributed by atoms with E-state index in [-0.39, 0.29) is 17.3 Å². The third-order valence-corrected chi connectivity index (χ3v) is 7.46. The van der Waals surface area contributed by atoms with Crippen molar-refractivity contribution in [3.8, 4) is 0 Å². The van der Waals surface area contributed by atoms with Crippen molar-refractivity contribution >= 4 is 15.9 Å². The molecule has 1 atom stereocenters. The van der Waals surface area contributed by atoms with Gasteiger partial charge in [0.2, 0.25) is 10.0 Å². The summed E-state index contributed by atoms with van der Waals surface area (Å²) in [6.45, 7) is 4.04. The number of hydrogen-bond donors (Lipinski definition) is 1. The minimum atomic E-state index is -3.12. The Kier molecular flexibility index (Phi) is 5.99. The predicted octanol–water partition coefficient (Wildman–Crippen LogP) is 2.03. The van der Waals surface area contributed by atoms with Crippen molar-refractivity contribution in [1.29, 1.82) is 0 Å². The van der Waals surface area contributed by atoms with E-state index in [2.05, 4.69) is 5.32 Å². The number of rotatable bonds is 5. The van der Waals surface area contributed by atoms with E-state index >= 15 is 0 Å². The summed E-state index contributed by atoms with van der Waals surface area (Å²) in [4.78, 5) is 12.2. The van der Waals surface area contributed by atoms with Crippen molar-refractivity contribution in [1.82, 2.24) is 9.62 Å². The molecule has 3 rings (SSSR count). The number of benzene rings is 1. The monoisotopic (exact) mass is 380 g/mol. The molecule has 7 heteroatoms. The molecule has 2 fully saturated rings. The molecule has 2 heterocycles. The molecule has 1 aromatic rings. The van der Waals surface area contributed by atoms with Gasteiger partial charge in [-0.2, -0.15) is 0 Å². The summed E-state index contributed by atoms with van der Waals surface area (Å²) < 4.78 is 31.8. The van der Waals surface area contributed by atoms with Crippen molar-refractivity contribution in [3.63, 3.8) is 0 Å². The fourth-order valence-electron chi connectivity index (χ4n) is 3.93. The van der Waals surface area contributed by atoms with Crippen LogP contribution in [0.5, 0.6) is 0 Å². The quantitative estimate of drug-likeness (QED) is 0.848. The molecule has 2 saturated heterocycles. The van der Waals surface area contributed by atoms with Crippen LogP contribution in [0.2, 0.25) is 0 Å². The first-order valence-corrected chi connectivity index (χ1v) is 11.0. The van der Waals surface area contributed by atoms with Gasteiger partial charge >= 0.3 is 0 Å². The predicted molar refractivity (Wildman–Crippen MR) is 100 cm³/mol. The molecule has 1 aromatic carbocycles. The summed E-state index contributed by atoms with van der Waals surface area (Å²) in [6.07, 6.45) is 3.26. The molecule has 2 aliphatic rings. The highest BCUT2D eigenvalue weighted by Crippen LogP contribution is 2.38. The molecular formula is C19H28N2O4S. The average Bonchev–Trinajstić information content (AvgIpc) is 2.67. The second-order valence-electron chi connectivity index (χ2n) is 7.27. The number of amides is 1. The fourth-order valence-corrected chi connectivity index (χ4v) is 5.04. The van der Waals surface area contributed by atoms with E-state index in [4.69, 9.17) is 4.74 Å². The van der Waals surface area contributed by atoms with E-state index < -0.39 is 10.0 Å². The van der Waals surface area contributed by atoms with Crippen molar-refractivity contribution < 1.29 is 17.9 Å². The third kappa shape index (κ3) is 4.45. The van der Waals surface area contributed by atoms with Crippen LogP contribution < -0.4 is 5.32 Å². The Morgan fingerprint density at radius 1 is 1.27 bits per heavy atom. The van der Waals surface area contributed by atoms with Crippen LogP contribution in [0.4, 0.5) is 0 Å². The number of sulfonamides is 1. The SMILES string of the molecule is CCS(=O)(=O)N1CCC2(CC1)CC(CNC(=O)c1ccccc1)CCO2. The molecular weight excluding hydrogens is 352 g/mol. The number of carbonyl (C=O) groups excluding carboxylic acids is 1. The van der Waals surface area contributed by atoms with Crippen molar-refractivity contribution in [2.75, 3.05) is 32.0 Å². The first-order chi connectivity index (χ1) is 12.4. The van der Waals surface area contributed by atoms with Crippen LogP contribution in [-0.4, -0.2) is 56.2 Å². The van der Waals surface area contributed by atoms with Crippen molar-refractivity contribution in [2.45, 2.75) is 38.2 Å². The average molecular weight is 381 g/mol. The van der Waals surface area contributed by atoms with E-state index in [1.54, 1.807) is 11.2 Å². The standard InChI is InChI=1S/C19H28N2O4S/c1-2-26(23,24)21-11-9-19(10-12-21)14-16(8-13-25-19)15-20-18(22)17-6-4-3-5-7-17/h3-7,16H,2,8-15H2,1H3,(H,20,22). The van der Waals surface area contributed by atoms with E-state index in [9.17, 15) is 13.2 Å². The Hall–Kier alpha value is -1.44. The maximum atomic E-state index is 12.2. The molecule has 1 amide bonds. The second-order valence-corrected chi connectivity index (χ2v) is 9.52. The number of nitrogens with one attached hydrogen (secondary N) is 1. The summed E-state index contributed by atoms with van der Waals surface area (Å²) in [6, 6.07) is 9.23. The van der Waals surface area contributed by atoms with Crippen molar-refractivity contribution in [2.24, 2.45) is 5.92 Å². The zero-order valence-corrected chi connectivity index (χ0v) is 16.1. The molecule has 144 valence electrons. The molecule has 0 saturated carbocycles. The van der Waals surface area contributed by atoms with Gasteiger partial charge < -0.3 is 10.1 Å². The van der Waals surface area contributed by atoms with Gasteiger partial charge in [-0.05, 0) is 50.7 Å². The molecule has 0 bridgehead atoms. The molecule has 6 nitrogen and oxygen atoms in total. The summed E-state index contributed by atoms with van der Waals surface area (Å²) in [5.74, 6) is 0.468. The van der Waals surface area contributed by atoms with Crippen LogP contribution in [0.1, 0.15) is 43.0 Å². The summed E-state index contributed by atoms with van der Waals surface area (Å²) >= 11 is 0. The van der Waals surface area contributed by atoms with Gasteiger partial charge in [0.05, 0.1) is 11.4 Å². The minimum absolute atomic E-state index is 0.0463. The molecule has 0 aliphatic carbocycles. The van der Waals surface area contributed by atoms with E-state index in [0.29, 0.717) is 37.7 Å². The van der Waals surface area contributed by atoms with Gasteiger partial charge in [-0.1, -0.05) is 18.2 Å². The van der Waals surface area contributed by atoms with Gasteiger partial charge in [0.15, 0.2) is 0 Å². The molecule has 0 radical (unpaired) electrons. The second kappa shape index (κ2) is 8.06. The third-order valence-electron chi connectivity index (χ3n) is 5.57. The molecule has 1 unspecified atom stereocenters. The summed E-state index contributed by atoms with van der Waals surface area (Å²) in [5, 5.41) is 3.03. The van der Waals surface area contributed by atoms with Crippen LogP contribution >= 0.6 is 0 Å². The van der Waals surface area contributed by atoms with Gasteiger partial charge in [0, 0.05) is 31.8 Å². The number of hydrogen-bond acceptors (Lipinski definition) is 4. The lowest BCUT2D eigenvalue weighted by molar-refractivity contribution is -0.119. The van der Waals surface area contributed by atoms with Gasteiger partial charge in [0.1, 0.15) is 0 Å². The fraction of sp³-hybridized carbons (Fsp3) is 0.632. The molecule has 1 N–H and O–H groups in total. The maximum absolute atomic E-state index is 12.2. The number of ether oxygens (including phenoxy) is 1. The van der Waals surface area contributed by atoms with Crippen molar-refractivity contribution in [3.05, 3.63) is 35.9 Å². The smallest absolute Gasteiger partial charge is 0.251 e. The normalized spacial score (nSPS) is 23.7. The summed E-state index contributed by atoms with van der Waals surface area (Å²) in [7, 11) is -3.12. The maximum Gasteiger partial charge on any atom is 0.251 e. The van der Waals surface area contributed by atoms with Gasteiger partial charge in [-0.15, -0.1) is 0 Å². The summed E-state index contributed by atoms with van der Waals surface area (Å²) in [5.41, 5.74) is 0.438. The van der Waals surface area contributed by atoms with Crippen LogP contribution in [0.25, 0.3) is 0 Å². The van der Waals surface area contributed by atoms with Gasteiger partial charge in [-0.25, -0.2) is 12.7 Å². The largest absolute Gasteiger partial charge is 0.375 e. The Bertz CT molecular complexity index is 712. The first kappa shape index (κ1) is 19.3. The van der Waals surface area contributed by atoms with Gasteiger partial charge in [-0.3, -0.25) is 4.79 Å². The molecule has 2 aliphatic heterocycles. The molecule has 1 spiro atoms. The Balaban J connectivity index is 1.53. The highest BCUT2D eigenvalue weighted by molar-refractivity contribution is 7.89. The Morgan fingerprint density at radius 2 is 1.96 bits per heavy atom. The molecule has 26 heavy (non-hydrogen) atoms. The highest BCUT2D eigenvalue weighted by atomic mass is 32.2. The Morgan fingerprint density at radius 3 is 2.62 bits per heavy atom. The lowest BCUT2D eigenvalue weighted by Gasteiger charge is -2.45. The van der Waals surface area contributed by atoms with Crippen LogP contribution in [0, 0.1) is 5.92 Å². The highest BCUT2D eigenvalue weighted by Gasteiger charge is 2.42. The molecule has 0 aromatic heterocycles. The number of carbonyl (C=O) groups is 1. The number of piperidine rings is 1. The zero-order chi connectivity index (χ0) is 18.6. The van der Waals surface area contributed by atoms with Crippen LogP contribution in [0.3, 0.4) is 0 Å². The van der Waals surface area contributed by atoms with E-state index in [0.717, 1.165) is 25.7 Å². The Labute approximate surface area is 156 Å². The first-order valence-electron chi connectivity index (χ1n) is 9.39. The minimum Gasteiger partial charge on any atom is -0.375 e.